The summed E-state index contributed by atoms with van der Waals surface area (Å²) in [5.74, 6) is 1.11. The van der Waals surface area contributed by atoms with E-state index in [9.17, 15) is 4.79 Å². The summed E-state index contributed by atoms with van der Waals surface area (Å²) >= 11 is 0. The molecule has 0 atom stereocenters. The summed E-state index contributed by atoms with van der Waals surface area (Å²) in [7, 11) is 1.36. The lowest BCUT2D eigenvalue weighted by Crippen LogP contribution is -2.01. The van der Waals surface area contributed by atoms with Crippen LogP contribution in [-0.4, -0.2) is 26.3 Å². The number of hydrogen-bond acceptors (Lipinski definition) is 6. The van der Waals surface area contributed by atoms with Crippen molar-refractivity contribution in [1.82, 2.24) is 0 Å². The standard InChI is InChI=1S/C25H24O6/c1-27-24(26)20-8-12-23(13-9-20)31-17-19-4-10-22(11-5-19)30-16-18-2-6-21(7-3-18)25-28-14-15-29-25/h2-13,25H,14-17H2,1H3. The van der Waals surface area contributed by atoms with E-state index < -0.39 is 0 Å². The van der Waals surface area contributed by atoms with Gasteiger partial charge in [0.2, 0.25) is 0 Å². The summed E-state index contributed by atoms with van der Waals surface area (Å²) in [4.78, 5) is 11.5. The zero-order chi connectivity index (χ0) is 21.5. The fourth-order valence-electron chi connectivity index (χ4n) is 3.14. The number of benzene rings is 3. The van der Waals surface area contributed by atoms with Crippen LogP contribution in [0, 0.1) is 0 Å². The van der Waals surface area contributed by atoms with Crippen molar-refractivity contribution in [1.29, 1.82) is 0 Å². The van der Waals surface area contributed by atoms with Crippen LogP contribution in [0.15, 0.2) is 72.8 Å². The van der Waals surface area contributed by atoms with E-state index in [0.29, 0.717) is 37.7 Å². The van der Waals surface area contributed by atoms with E-state index in [1.54, 1.807) is 24.3 Å². The fraction of sp³-hybridized carbons (Fsp3) is 0.240. The van der Waals surface area contributed by atoms with Crippen LogP contribution in [0.25, 0.3) is 0 Å². The molecule has 0 bridgehead atoms. The Morgan fingerprint density at radius 2 is 1.26 bits per heavy atom. The lowest BCUT2D eigenvalue weighted by Gasteiger charge is -2.11. The molecule has 0 saturated carbocycles. The van der Waals surface area contributed by atoms with Gasteiger partial charge in [0.05, 0.1) is 25.9 Å². The largest absolute Gasteiger partial charge is 0.489 e. The molecular weight excluding hydrogens is 396 g/mol. The molecule has 31 heavy (non-hydrogen) atoms. The maximum atomic E-state index is 11.5. The minimum Gasteiger partial charge on any atom is -0.489 e. The first kappa shape index (κ1) is 20.9. The molecule has 6 heteroatoms. The van der Waals surface area contributed by atoms with E-state index >= 15 is 0 Å². The summed E-state index contributed by atoms with van der Waals surface area (Å²) in [6.07, 6.45) is -0.254. The van der Waals surface area contributed by atoms with Crippen LogP contribution < -0.4 is 9.47 Å². The third-order valence-electron chi connectivity index (χ3n) is 4.88. The molecule has 1 heterocycles. The lowest BCUT2D eigenvalue weighted by molar-refractivity contribution is -0.0441. The Balaban J connectivity index is 1.25. The van der Waals surface area contributed by atoms with Gasteiger partial charge in [0.1, 0.15) is 24.7 Å². The summed E-state index contributed by atoms with van der Waals surface area (Å²) < 4.78 is 27.3. The highest BCUT2D eigenvalue weighted by Gasteiger charge is 2.17. The molecule has 1 aliphatic rings. The summed E-state index contributed by atoms with van der Waals surface area (Å²) in [5, 5.41) is 0. The Kier molecular flexibility index (Phi) is 6.82. The van der Waals surface area contributed by atoms with Gasteiger partial charge in [0.15, 0.2) is 6.29 Å². The number of rotatable bonds is 8. The normalized spacial score (nSPS) is 13.7. The molecule has 0 radical (unpaired) electrons. The van der Waals surface area contributed by atoms with Gasteiger partial charge in [-0.2, -0.15) is 0 Å². The average molecular weight is 420 g/mol. The molecule has 0 unspecified atom stereocenters. The topological polar surface area (TPSA) is 63.2 Å². The number of carbonyl (C=O) groups is 1. The Morgan fingerprint density at radius 1 is 0.774 bits per heavy atom. The molecule has 0 N–H and O–H groups in total. The van der Waals surface area contributed by atoms with E-state index in [-0.39, 0.29) is 12.3 Å². The zero-order valence-corrected chi connectivity index (χ0v) is 17.3. The fourth-order valence-corrected chi connectivity index (χ4v) is 3.14. The van der Waals surface area contributed by atoms with Crippen molar-refractivity contribution in [3.8, 4) is 11.5 Å². The summed E-state index contributed by atoms with van der Waals surface area (Å²) in [6, 6.07) is 22.7. The average Bonchev–Trinajstić information content (AvgIpc) is 3.37. The Bertz CT molecular complexity index is 974. The second-order valence-corrected chi connectivity index (χ2v) is 7.05. The van der Waals surface area contributed by atoms with Crippen LogP contribution in [0.1, 0.15) is 33.3 Å². The second kappa shape index (κ2) is 10.1. The molecule has 1 saturated heterocycles. The first-order valence-corrected chi connectivity index (χ1v) is 10.1. The number of esters is 1. The first-order chi connectivity index (χ1) is 15.2. The zero-order valence-electron chi connectivity index (χ0n) is 17.3. The van der Waals surface area contributed by atoms with E-state index in [0.717, 1.165) is 22.4 Å². The van der Waals surface area contributed by atoms with Crippen LogP contribution in [0.2, 0.25) is 0 Å². The highest BCUT2D eigenvalue weighted by atomic mass is 16.7. The van der Waals surface area contributed by atoms with Crippen molar-refractivity contribution in [3.05, 3.63) is 95.1 Å². The molecular formula is C25H24O6. The molecule has 160 valence electrons. The molecule has 3 aromatic carbocycles. The third-order valence-corrected chi connectivity index (χ3v) is 4.88. The molecule has 0 aromatic heterocycles. The van der Waals surface area contributed by atoms with Crippen molar-refractivity contribution >= 4 is 5.97 Å². The van der Waals surface area contributed by atoms with Crippen LogP contribution >= 0.6 is 0 Å². The minimum absolute atomic E-state index is 0.254. The van der Waals surface area contributed by atoms with Crippen LogP contribution in [0.3, 0.4) is 0 Å². The molecule has 1 aliphatic heterocycles. The molecule has 3 aromatic rings. The lowest BCUT2D eigenvalue weighted by atomic mass is 10.1. The Hall–Kier alpha value is -3.35. The quantitative estimate of drug-likeness (QED) is 0.493. The van der Waals surface area contributed by atoms with Crippen LogP contribution in [0.4, 0.5) is 0 Å². The number of carbonyl (C=O) groups excluding carboxylic acids is 1. The van der Waals surface area contributed by atoms with Crippen LogP contribution in [0.5, 0.6) is 11.5 Å². The van der Waals surface area contributed by atoms with Crippen molar-refractivity contribution in [2.75, 3.05) is 20.3 Å². The van der Waals surface area contributed by atoms with Gasteiger partial charge in [-0.25, -0.2) is 4.79 Å². The number of methoxy groups -OCH3 is 1. The maximum absolute atomic E-state index is 11.5. The number of ether oxygens (including phenoxy) is 5. The Labute approximate surface area is 181 Å². The van der Waals surface area contributed by atoms with E-state index in [2.05, 4.69) is 4.74 Å². The van der Waals surface area contributed by atoms with Gasteiger partial charge in [-0.1, -0.05) is 36.4 Å². The van der Waals surface area contributed by atoms with E-state index in [4.69, 9.17) is 18.9 Å². The molecule has 0 spiro atoms. The van der Waals surface area contributed by atoms with Crippen molar-refractivity contribution < 1.29 is 28.5 Å². The highest BCUT2D eigenvalue weighted by Crippen LogP contribution is 2.24. The second-order valence-electron chi connectivity index (χ2n) is 7.05. The van der Waals surface area contributed by atoms with Crippen molar-refractivity contribution in [2.45, 2.75) is 19.5 Å². The van der Waals surface area contributed by atoms with Gasteiger partial charge in [0, 0.05) is 5.56 Å². The predicted octanol–water partition coefficient (Wildman–Crippen LogP) is 4.68. The van der Waals surface area contributed by atoms with Gasteiger partial charge in [0.25, 0.3) is 0 Å². The van der Waals surface area contributed by atoms with Gasteiger partial charge in [-0.3, -0.25) is 0 Å². The molecule has 4 rings (SSSR count). The van der Waals surface area contributed by atoms with Crippen molar-refractivity contribution in [2.24, 2.45) is 0 Å². The van der Waals surface area contributed by atoms with E-state index in [1.165, 1.54) is 7.11 Å². The SMILES string of the molecule is COC(=O)c1ccc(OCc2ccc(OCc3ccc(C4OCCO4)cc3)cc2)cc1. The monoisotopic (exact) mass is 420 g/mol. The molecule has 0 aliphatic carbocycles. The first-order valence-electron chi connectivity index (χ1n) is 10.1. The van der Waals surface area contributed by atoms with E-state index in [1.807, 2.05) is 48.5 Å². The molecule has 6 nitrogen and oxygen atoms in total. The van der Waals surface area contributed by atoms with Crippen LogP contribution in [-0.2, 0) is 27.4 Å². The van der Waals surface area contributed by atoms with Gasteiger partial charge in [-0.15, -0.1) is 0 Å². The van der Waals surface area contributed by atoms with Gasteiger partial charge >= 0.3 is 5.97 Å². The maximum Gasteiger partial charge on any atom is 0.337 e. The summed E-state index contributed by atoms with van der Waals surface area (Å²) in [5.41, 5.74) is 3.60. The smallest absolute Gasteiger partial charge is 0.337 e. The highest BCUT2D eigenvalue weighted by molar-refractivity contribution is 5.89. The number of hydrogen-bond donors (Lipinski definition) is 0. The molecule has 1 fully saturated rings. The van der Waals surface area contributed by atoms with Crippen molar-refractivity contribution in [3.63, 3.8) is 0 Å². The predicted molar refractivity (Wildman–Crippen MR) is 114 cm³/mol. The molecule has 0 amide bonds. The van der Waals surface area contributed by atoms with Gasteiger partial charge in [-0.05, 0) is 47.5 Å². The Morgan fingerprint density at radius 3 is 1.77 bits per heavy atom. The minimum atomic E-state index is -0.366. The third kappa shape index (κ3) is 5.63. The van der Waals surface area contributed by atoms with Gasteiger partial charge < -0.3 is 23.7 Å². The summed E-state index contributed by atoms with van der Waals surface area (Å²) in [6.45, 7) is 2.18.